The Morgan fingerprint density at radius 2 is 1.97 bits per heavy atom. The Morgan fingerprint density at radius 1 is 1.06 bits per heavy atom. The molecule has 4 aromatic heterocycles. The summed E-state index contributed by atoms with van der Waals surface area (Å²) in [5, 5.41) is 16.3. The van der Waals surface area contributed by atoms with Gasteiger partial charge >= 0.3 is 0 Å². The van der Waals surface area contributed by atoms with E-state index in [0.717, 1.165) is 28.3 Å². The van der Waals surface area contributed by atoms with Gasteiger partial charge in [0.2, 0.25) is 5.88 Å². The van der Waals surface area contributed by atoms with Crippen LogP contribution in [0.3, 0.4) is 0 Å². The van der Waals surface area contributed by atoms with Gasteiger partial charge in [0.05, 0.1) is 12.1 Å². The summed E-state index contributed by atoms with van der Waals surface area (Å²) < 4.78 is 23.8. The van der Waals surface area contributed by atoms with Crippen molar-refractivity contribution in [1.82, 2.24) is 29.4 Å². The van der Waals surface area contributed by atoms with Crippen LogP contribution in [-0.2, 0) is 13.5 Å². The Hall–Kier alpha value is -4.27. The topological polar surface area (TPSA) is 82.2 Å². The van der Waals surface area contributed by atoms with E-state index < -0.39 is 0 Å². The van der Waals surface area contributed by atoms with Crippen LogP contribution in [0.25, 0.3) is 16.8 Å². The summed E-state index contributed by atoms with van der Waals surface area (Å²) in [7, 11) is 1.87. The van der Waals surface area contributed by atoms with Crippen molar-refractivity contribution in [2.75, 3.05) is 11.9 Å². The van der Waals surface area contributed by atoms with E-state index in [4.69, 9.17) is 4.74 Å². The summed E-state index contributed by atoms with van der Waals surface area (Å²) in [5.74, 6) is 2.88. The van der Waals surface area contributed by atoms with Crippen LogP contribution in [0.1, 0.15) is 22.9 Å². The second-order valence-electron chi connectivity index (χ2n) is 8.52. The minimum Gasteiger partial charge on any atom is -0.478 e. The first-order chi connectivity index (χ1) is 16.5. The zero-order chi connectivity index (χ0) is 23.2. The minimum absolute atomic E-state index is 0.00826. The fourth-order valence-electron chi connectivity index (χ4n) is 4.31. The van der Waals surface area contributed by atoms with Crippen LogP contribution in [0.2, 0.25) is 0 Å². The van der Waals surface area contributed by atoms with Crippen molar-refractivity contribution in [3.05, 3.63) is 83.7 Å². The van der Waals surface area contributed by atoms with Crippen LogP contribution >= 0.6 is 0 Å². The zero-order valence-electron chi connectivity index (χ0n) is 18.7. The molecule has 0 saturated heterocycles. The first kappa shape index (κ1) is 20.3. The van der Waals surface area contributed by atoms with Gasteiger partial charge in [-0.05, 0) is 59.9 Å². The maximum atomic E-state index is 14.0. The molecule has 1 aliphatic heterocycles. The first-order valence-corrected chi connectivity index (χ1v) is 11.0. The van der Waals surface area contributed by atoms with Gasteiger partial charge in [0, 0.05) is 25.4 Å². The molecule has 6 rings (SSSR count). The Morgan fingerprint density at radius 3 is 2.79 bits per heavy atom. The summed E-state index contributed by atoms with van der Waals surface area (Å²) in [5.41, 5.74) is 4.19. The highest BCUT2D eigenvalue weighted by Crippen LogP contribution is 2.34. The average Bonchev–Trinajstić information content (AvgIpc) is 3.45. The first-order valence-electron chi connectivity index (χ1n) is 11.0. The summed E-state index contributed by atoms with van der Waals surface area (Å²) in [6, 6.07) is 15.1. The Bertz CT molecular complexity index is 1520. The molecule has 0 amide bonds. The number of hydrogen-bond acceptors (Lipinski definition) is 6. The molecule has 1 aliphatic rings. The molecule has 0 radical (unpaired) electrons. The molecule has 0 saturated carbocycles. The lowest BCUT2D eigenvalue weighted by Gasteiger charge is -2.23. The predicted molar refractivity (Wildman–Crippen MR) is 126 cm³/mol. The van der Waals surface area contributed by atoms with E-state index in [1.165, 1.54) is 0 Å². The normalized spacial score (nSPS) is 14.9. The van der Waals surface area contributed by atoms with Crippen molar-refractivity contribution in [3.8, 4) is 17.0 Å². The molecule has 0 aliphatic carbocycles. The second kappa shape index (κ2) is 7.95. The average molecular weight is 455 g/mol. The summed E-state index contributed by atoms with van der Waals surface area (Å²) >= 11 is 0. The molecule has 5 aromatic rings. The van der Waals surface area contributed by atoms with Gasteiger partial charge < -0.3 is 10.1 Å². The fraction of sp³-hybridized carbons (Fsp3) is 0.200. The number of nitrogens with one attached hydrogen (secondary N) is 1. The van der Waals surface area contributed by atoms with E-state index in [-0.39, 0.29) is 11.7 Å². The van der Waals surface area contributed by atoms with E-state index in [2.05, 4.69) is 25.6 Å². The molecule has 0 bridgehead atoms. The molecule has 0 spiro atoms. The number of pyridine rings is 2. The minimum atomic E-state index is -0.194. The fourth-order valence-corrected chi connectivity index (χ4v) is 4.31. The van der Waals surface area contributed by atoms with E-state index in [1.807, 2.05) is 47.8 Å². The summed E-state index contributed by atoms with van der Waals surface area (Å²) in [4.78, 5) is 4.42. The quantitative estimate of drug-likeness (QED) is 0.422. The Balaban J connectivity index is 1.31. The van der Waals surface area contributed by atoms with Gasteiger partial charge in [-0.2, -0.15) is 5.10 Å². The number of ether oxygens (including phenoxy) is 1. The van der Waals surface area contributed by atoms with Crippen LogP contribution in [-0.4, -0.2) is 36.0 Å². The summed E-state index contributed by atoms with van der Waals surface area (Å²) in [6.07, 6.45) is 4.12. The SMILES string of the molecule is Cc1ccc(CC2COc3cc(-c4ccnc(Nc5ccnn5C)c4)cc4nnc2n34)cc1F. The third kappa shape index (κ3) is 3.55. The molecule has 1 atom stereocenters. The molecule has 1 aromatic carbocycles. The van der Waals surface area contributed by atoms with Crippen molar-refractivity contribution in [1.29, 1.82) is 0 Å². The predicted octanol–water partition coefficient (Wildman–Crippen LogP) is 4.43. The van der Waals surface area contributed by atoms with Gasteiger partial charge in [-0.25, -0.2) is 13.8 Å². The second-order valence-corrected chi connectivity index (χ2v) is 8.52. The molecule has 8 nitrogen and oxygen atoms in total. The maximum Gasteiger partial charge on any atom is 0.201 e. The van der Waals surface area contributed by atoms with E-state index in [0.29, 0.717) is 35.9 Å². The number of aryl methyl sites for hydroxylation is 2. The number of nitrogens with zero attached hydrogens (tertiary/aromatic N) is 6. The van der Waals surface area contributed by atoms with Crippen molar-refractivity contribution >= 4 is 17.3 Å². The molecule has 34 heavy (non-hydrogen) atoms. The van der Waals surface area contributed by atoms with Crippen molar-refractivity contribution in [2.24, 2.45) is 7.05 Å². The Labute approximate surface area is 195 Å². The zero-order valence-corrected chi connectivity index (χ0v) is 18.7. The van der Waals surface area contributed by atoms with Crippen molar-refractivity contribution in [3.63, 3.8) is 0 Å². The lowest BCUT2D eigenvalue weighted by atomic mass is 9.97. The van der Waals surface area contributed by atoms with Crippen molar-refractivity contribution in [2.45, 2.75) is 19.3 Å². The molecule has 9 heteroatoms. The van der Waals surface area contributed by atoms with E-state index >= 15 is 0 Å². The van der Waals surface area contributed by atoms with Crippen LogP contribution in [0, 0.1) is 12.7 Å². The highest BCUT2D eigenvalue weighted by Gasteiger charge is 2.27. The van der Waals surface area contributed by atoms with Crippen LogP contribution in [0.5, 0.6) is 5.88 Å². The smallest absolute Gasteiger partial charge is 0.201 e. The van der Waals surface area contributed by atoms with E-state index in [1.54, 1.807) is 36.1 Å². The molecular weight excluding hydrogens is 433 g/mol. The third-order valence-electron chi connectivity index (χ3n) is 6.18. The van der Waals surface area contributed by atoms with Crippen molar-refractivity contribution < 1.29 is 9.13 Å². The largest absolute Gasteiger partial charge is 0.478 e. The number of halogens is 1. The third-order valence-corrected chi connectivity index (χ3v) is 6.18. The Kier molecular flexibility index (Phi) is 4.75. The molecular formula is C25H22FN7O. The number of rotatable bonds is 5. The van der Waals surface area contributed by atoms with Gasteiger partial charge in [0.15, 0.2) is 5.65 Å². The highest BCUT2D eigenvalue weighted by molar-refractivity contribution is 5.72. The van der Waals surface area contributed by atoms with Gasteiger partial charge in [0.1, 0.15) is 29.9 Å². The van der Waals surface area contributed by atoms with Gasteiger partial charge in [-0.15, -0.1) is 10.2 Å². The number of aromatic nitrogens is 6. The summed E-state index contributed by atoms with van der Waals surface area (Å²) in [6.45, 7) is 2.22. The molecule has 1 unspecified atom stereocenters. The van der Waals surface area contributed by atoms with Gasteiger partial charge in [-0.1, -0.05) is 12.1 Å². The highest BCUT2D eigenvalue weighted by atomic mass is 19.1. The van der Waals surface area contributed by atoms with Gasteiger partial charge in [0.25, 0.3) is 0 Å². The molecule has 5 heterocycles. The monoisotopic (exact) mass is 455 g/mol. The van der Waals surface area contributed by atoms with Crippen LogP contribution in [0.4, 0.5) is 16.0 Å². The number of hydrogen-bond donors (Lipinski definition) is 1. The van der Waals surface area contributed by atoms with Gasteiger partial charge in [-0.3, -0.25) is 4.68 Å². The van der Waals surface area contributed by atoms with Crippen LogP contribution in [0.15, 0.2) is 60.9 Å². The number of anilines is 2. The molecule has 0 fully saturated rings. The van der Waals surface area contributed by atoms with Crippen LogP contribution < -0.4 is 10.1 Å². The lowest BCUT2D eigenvalue weighted by Crippen LogP contribution is -2.22. The maximum absolute atomic E-state index is 14.0. The standard InChI is InChI=1S/C25H22FN7O/c1-15-3-4-16(10-20(15)26)9-19-14-34-24-13-18(12-23-30-31-25(19)33(23)24)17-5-7-27-21(11-17)29-22-6-8-28-32(22)2/h3-8,10-13,19H,9,14H2,1-2H3,(H,27,29). The molecule has 1 N–H and O–H groups in total. The lowest BCUT2D eigenvalue weighted by molar-refractivity contribution is 0.245. The number of benzene rings is 1. The molecule has 170 valence electrons. The van der Waals surface area contributed by atoms with E-state index in [9.17, 15) is 4.39 Å².